The summed E-state index contributed by atoms with van der Waals surface area (Å²) in [6.45, 7) is 0. The third-order valence-corrected chi connectivity index (χ3v) is 1.55. The van der Waals surface area contributed by atoms with Crippen LogP contribution < -0.4 is 0 Å². The summed E-state index contributed by atoms with van der Waals surface area (Å²) in [7, 11) is 0. The summed E-state index contributed by atoms with van der Waals surface area (Å²) in [5, 5.41) is 8.75. The molecule has 0 saturated carbocycles. The monoisotopic (exact) mass is 348 g/mol. The highest BCUT2D eigenvalue weighted by atomic mass is 127. The van der Waals surface area contributed by atoms with Gasteiger partial charge in [0.25, 0.3) is 0 Å². The molecule has 0 bridgehead atoms. The molecule has 0 aromatic heterocycles. The zero-order valence-corrected chi connectivity index (χ0v) is 9.03. The molecule has 3 heteroatoms. The molecule has 0 aliphatic rings. The molecule has 1 aromatic rings. The second-order valence-corrected chi connectivity index (χ2v) is 2.72. The van der Waals surface area contributed by atoms with E-state index in [9.17, 15) is 0 Å². The molecule has 0 radical (unpaired) electrons. The van der Waals surface area contributed by atoms with E-state index in [0.717, 1.165) is 3.57 Å². The Hall–Kier alpha value is 0.480. The van der Waals surface area contributed by atoms with Crippen molar-refractivity contribution in [1.82, 2.24) is 0 Å². The van der Waals surface area contributed by atoms with Gasteiger partial charge < -0.3 is 5.11 Å². The lowest BCUT2D eigenvalue weighted by atomic mass is 10.3. The number of rotatable bonds is 0. The van der Waals surface area contributed by atoms with E-state index in [1.807, 2.05) is 12.1 Å². The highest BCUT2D eigenvalue weighted by molar-refractivity contribution is 14.1. The average molecular weight is 348 g/mol. The fourth-order valence-corrected chi connectivity index (χ4v) is 0.801. The summed E-state index contributed by atoms with van der Waals surface area (Å²) in [6, 6.07) is 7.05. The molecular weight excluding hydrogens is 342 g/mol. The first-order valence-corrected chi connectivity index (χ1v) is 3.31. The van der Waals surface area contributed by atoms with Crippen LogP contribution in [0.1, 0.15) is 0 Å². The first kappa shape index (κ1) is 9.48. The van der Waals surface area contributed by atoms with Gasteiger partial charge in [0.2, 0.25) is 0 Å². The summed E-state index contributed by atoms with van der Waals surface area (Å²) in [5.74, 6) is 0.324. The van der Waals surface area contributed by atoms with Gasteiger partial charge in [-0.15, -0.1) is 24.0 Å². The minimum absolute atomic E-state index is 0. The van der Waals surface area contributed by atoms with Gasteiger partial charge in [-0.25, -0.2) is 0 Å². The van der Waals surface area contributed by atoms with Crippen LogP contribution in [0.4, 0.5) is 0 Å². The first-order chi connectivity index (χ1) is 3.79. The van der Waals surface area contributed by atoms with Crippen molar-refractivity contribution in [2.45, 2.75) is 0 Å². The number of phenolic OH excluding ortho intramolecular Hbond substituents is 1. The number of phenols is 1. The second kappa shape index (κ2) is 4.32. The zero-order chi connectivity index (χ0) is 5.98. The first-order valence-electron chi connectivity index (χ1n) is 2.23. The van der Waals surface area contributed by atoms with Crippen molar-refractivity contribution >= 4 is 46.6 Å². The van der Waals surface area contributed by atoms with Crippen molar-refractivity contribution in [3.05, 3.63) is 27.8 Å². The fourth-order valence-electron chi connectivity index (χ4n) is 0.441. The van der Waals surface area contributed by atoms with E-state index in [4.69, 9.17) is 5.11 Å². The van der Waals surface area contributed by atoms with Crippen LogP contribution in [0.25, 0.3) is 0 Å². The van der Waals surface area contributed by atoms with Crippen molar-refractivity contribution in [2.75, 3.05) is 0 Å². The van der Waals surface area contributed by atoms with Gasteiger partial charge >= 0.3 is 0 Å². The number of hydrogen-bond donors (Lipinski definition) is 1. The standard InChI is InChI=1S/C6H5IO.HI/c7-5-1-3-6(8)4-2-5;/h1-4,8H;1H. The van der Waals surface area contributed by atoms with Crippen LogP contribution in [0, 0.1) is 3.57 Å². The van der Waals surface area contributed by atoms with E-state index in [2.05, 4.69) is 22.6 Å². The number of benzene rings is 1. The third-order valence-electron chi connectivity index (χ3n) is 0.827. The Morgan fingerprint density at radius 2 is 1.56 bits per heavy atom. The van der Waals surface area contributed by atoms with Gasteiger partial charge in [0.15, 0.2) is 0 Å². The summed E-state index contributed by atoms with van der Waals surface area (Å²) in [6.07, 6.45) is 0. The highest BCUT2D eigenvalue weighted by Gasteiger charge is 1.83. The van der Waals surface area contributed by atoms with Gasteiger partial charge in [0.1, 0.15) is 5.75 Å². The Balaban J connectivity index is 0.000000640. The molecule has 0 unspecified atom stereocenters. The van der Waals surface area contributed by atoms with Crippen molar-refractivity contribution in [3.8, 4) is 5.75 Å². The molecular formula is C6H6I2O. The van der Waals surface area contributed by atoms with Crippen molar-refractivity contribution < 1.29 is 5.11 Å². The molecule has 9 heavy (non-hydrogen) atoms. The Bertz CT molecular complexity index is 150. The molecule has 0 amide bonds. The number of aromatic hydroxyl groups is 1. The molecule has 0 aliphatic heterocycles. The van der Waals surface area contributed by atoms with Gasteiger partial charge in [0, 0.05) is 3.57 Å². The molecule has 0 aliphatic carbocycles. The van der Waals surface area contributed by atoms with E-state index in [1.165, 1.54) is 0 Å². The van der Waals surface area contributed by atoms with Crippen molar-refractivity contribution in [3.63, 3.8) is 0 Å². The van der Waals surface area contributed by atoms with Crippen LogP contribution in [0.15, 0.2) is 24.3 Å². The molecule has 50 valence electrons. The van der Waals surface area contributed by atoms with Gasteiger partial charge in [-0.05, 0) is 46.9 Å². The molecule has 0 atom stereocenters. The van der Waals surface area contributed by atoms with E-state index < -0.39 is 0 Å². The molecule has 1 N–H and O–H groups in total. The Morgan fingerprint density at radius 1 is 1.11 bits per heavy atom. The van der Waals surface area contributed by atoms with E-state index in [1.54, 1.807) is 12.1 Å². The van der Waals surface area contributed by atoms with Gasteiger partial charge in [-0.3, -0.25) is 0 Å². The minimum Gasteiger partial charge on any atom is -0.508 e. The quantitative estimate of drug-likeness (QED) is 0.715. The maximum absolute atomic E-state index is 8.75. The highest BCUT2D eigenvalue weighted by Crippen LogP contribution is 2.10. The number of hydrogen-bond acceptors (Lipinski definition) is 1. The lowest BCUT2D eigenvalue weighted by Crippen LogP contribution is -1.65. The second-order valence-electron chi connectivity index (χ2n) is 1.48. The minimum atomic E-state index is 0. The van der Waals surface area contributed by atoms with Gasteiger partial charge in [-0.1, -0.05) is 0 Å². The summed E-state index contributed by atoms with van der Waals surface area (Å²) in [4.78, 5) is 0. The largest absolute Gasteiger partial charge is 0.508 e. The molecule has 0 heterocycles. The number of halogens is 2. The van der Waals surface area contributed by atoms with E-state index in [0.29, 0.717) is 5.75 Å². The Labute approximate surface area is 84.6 Å². The van der Waals surface area contributed by atoms with Crippen LogP contribution in [0.2, 0.25) is 0 Å². The van der Waals surface area contributed by atoms with Crippen LogP contribution in [0.5, 0.6) is 5.75 Å². The smallest absolute Gasteiger partial charge is 0.115 e. The fraction of sp³-hybridized carbons (Fsp3) is 0. The predicted molar refractivity (Wildman–Crippen MR) is 56.2 cm³/mol. The Morgan fingerprint density at radius 3 is 1.89 bits per heavy atom. The molecule has 1 rings (SSSR count). The summed E-state index contributed by atoms with van der Waals surface area (Å²) >= 11 is 2.19. The molecule has 0 fully saturated rings. The van der Waals surface area contributed by atoms with Crippen LogP contribution >= 0.6 is 46.6 Å². The lowest BCUT2D eigenvalue weighted by molar-refractivity contribution is 0.475. The third kappa shape index (κ3) is 3.24. The molecule has 0 saturated heterocycles. The van der Waals surface area contributed by atoms with Gasteiger partial charge in [0.05, 0.1) is 0 Å². The maximum Gasteiger partial charge on any atom is 0.115 e. The van der Waals surface area contributed by atoms with Crippen LogP contribution in [0.3, 0.4) is 0 Å². The maximum atomic E-state index is 8.75. The van der Waals surface area contributed by atoms with Crippen molar-refractivity contribution in [1.29, 1.82) is 0 Å². The molecule has 1 aromatic carbocycles. The van der Waals surface area contributed by atoms with E-state index in [-0.39, 0.29) is 24.0 Å². The predicted octanol–water partition coefficient (Wildman–Crippen LogP) is 2.61. The van der Waals surface area contributed by atoms with Crippen LogP contribution in [-0.4, -0.2) is 5.11 Å². The van der Waals surface area contributed by atoms with Crippen LogP contribution in [-0.2, 0) is 0 Å². The SMILES string of the molecule is I.Oc1ccc(I)cc1. The molecule has 1 nitrogen and oxygen atoms in total. The average Bonchev–Trinajstić information content (AvgIpc) is 1.77. The van der Waals surface area contributed by atoms with Crippen molar-refractivity contribution in [2.24, 2.45) is 0 Å². The normalized spacial score (nSPS) is 8.11. The van der Waals surface area contributed by atoms with Gasteiger partial charge in [-0.2, -0.15) is 0 Å². The molecule has 0 spiro atoms. The zero-order valence-electron chi connectivity index (χ0n) is 4.54. The summed E-state index contributed by atoms with van der Waals surface area (Å²) in [5.41, 5.74) is 0. The van der Waals surface area contributed by atoms with E-state index >= 15 is 0 Å². The topological polar surface area (TPSA) is 20.2 Å². The lowest BCUT2D eigenvalue weighted by Gasteiger charge is -1.87. The summed E-state index contributed by atoms with van der Waals surface area (Å²) < 4.78 is 1.14. The Kier molecular flexibility index (Phi) is 4.55.